The van der Waals surface area contributed by atoms with Gasteiger partial charge in [-0.05, 0) is 92.2 Å². The van der Waals surface area contributed by atoms with Crippen LogP contribution in [0.3, 0.4) is 0 Å². The normalized spacial score (nSPS) is 18.4. The lowest BCUT2D eigenvalue weighted by Gasteiger charge is -2.38. The molecule has 7 nitrogen and oxygen atoms in total. The zero-order chi connectivity index (χ0) is 42.0. The Kier molecular flexibility index (Phi) is 18.4. The smallest absolute Gasteiger partial charge is 0.247 e. The fraction of sp³-hybridized carbons (Fsp3) is 0.596. The van der Waals surface area contributed by atoms with Gasteiger partial charge in [0, 0.05) is 32.0 Å². The summed E-state index contributed by atoms with van der Waals surface area (Å²) in [5.74, 6) is 0.605. The van der Waals surface area contributed by atoms with Gasteiger partial charge in [-0.15, -0.1) is 0 Å². The van der Waals surface area contributed by atoms with Crippen molar-refractivity contribution in [3.8, 4) is 0 Å². The predicted octanol–water partition coefficient (Wildman–Crippen LogP) is 11.7. The number of aliphatic imine (C=N–C) groups is 1. The summed E-state index contributed by atoms with van der Waals surface area (Å²) >= 11 is 0. The zero-order valence-electron chi connectivity index (χ0n) is 37.4. The fourth-order valence-electron chi connectivity index (χ4n) is 9.88. The van der Waals surface area contributed by atoms with Gasteiger partial charge in [0.2, 0.25) is 11.8 Å². The number of benzene rings is 3. The molecular weight excluding hydrogens is 758 g/mol. The van der Waals surface area contributed by atoms with Crippen LogP contribution in [-0.4, -0.2) is 65.3 Å². The third kappa shape index (κ3) is 13.7. The zero-order valence-corrected chi connectivity index (χ0v) is 38.3. The molecule has 326 valence electrons. The lowest BCUT2D eigenvalue weighted by atomic mass is 9.92. The van der Waals surface area contributed by atoms with Crippen molar-refractivity contribution in [2.75, 3.05) is 23.8 Å². The Hall–Kier alpha value is -3.70. The predicted molar refractivity (Wildman–Crippen MR) is 256 cm³/mol. The number of carbonyl (C=O) groups is 2. The molecule has 0 radical (unpaired) electrons. The van der Waals surface area contributed by atoms with E-state index in [0.717, 1.165) is 54.9 Å². The second-order valence-electron chi connectivity index (χ2n) is 18.3. The van der Waals surface area contributed by atoms with Crippen molar-refractivity contribution < 1.29 is 9.59 Å². The van der Waals surface area contributed by atoms with Crippen molar-refractivity contribution >= 4 is 30.7 Å². The summed E-state index contributed by atoms with van der Waals surface area (Å²) in [4.78, 5) is 37.0. The monoisotopic (exact) mass is 835 g/mol. The third-order valence-electron chi connectivity index (χ3n) is 13.5. The third-order valence-corrected chi connectivity index (χ3v) is 18.4. The van der Waals surface area contributed by atoms with Gasteiger partial charge in [-0.2, -0.15) is 0 Å². The van der Waals surface area contributed by atoms with Gasteiger partial charge >= 0.3 is 0 Å². The molecule has 0 spiro atoms. The van der Waals surface area contributed by atoms with Crippen LogP contribution < -0.4 is 16.0 Å². The van der Waals surface area contributed by atoms with Gasteiger partial charge in [0.1, 0.15) is 12.1 Å². The van der Waals surface area contributed by atoms with Gasteiger partial charge in [-0.3, -0.25) is 9.59 Å². The van der Waals surface area contributed by atoms with Crippen LogP contribution in [0.1, 0.15) is 152 Å². The molecule has 2 fully saturated rings. The number of rotatable bonds is 20. The number of fused-ring (bicyclic) bond motifs is 1. The fourth-order valence-corrected chi connectivity index (χ4v) is 15.0. The van der Waals surface area contributed by atoms with Crippen LogP contribution in [-0.2, 0) is 35.1 Å². The summed E-state index contributed by atoms with van der Waals surface area (Å²) in [5.41, 5.74) is 5.64. The number of nitrogens with zero attached hydrogens (tertiary/aromatic N) is 2. The van der Waals surface area contributed by atoms with Crippen LogP contribution in [0.2, 0.25) is 0 Å². The minimum atomic E-state index is -1.10. The number of hydrogen-bond donors (Lipinski definition) is 3. The van der Waals surface area contributed by atoms with E-state index in [0.29, 0.717) is 25.4 Å². The van der Waals surface area contributed by atoms with E-state index in [1.54, 1.807) is 0 Å². The number of guanidine groups is 1. The number of nitrogens with one attached hydrogen (secondary N) is 3. The maximum atomic E-state index is 15.2. The van der Waals surface area contributed by atoms with Crippen molar-refractivity contribution in [1.29, 1.82) is 0 Å². The largest absolute Gasteiger partial charge is 0.354 e. The topological polar surface area (TPSA) is 85.8 Å². The first-order valence-electron chi connectivity index (χ1n) is 24.2. The van der Waals surface area contributed by atoms with Crippen molar-refractivity contribution in [2.45, 2.75) is 180 Å². The Labute approximate surface area is 364 Å². The average Bonchev–Trinajstić information content (AvgIpc) is 3.29. The van der Waals surface area contributed by atoms with Crippen LogP contribution in [0.5, 0.6) is 0 Å². The van der Waals surface area contributed by atoms with Crippen molar-refractivity contribution in [3.05, 3.63) is 101 Å². The van der Waals surface area contributed by atoms with Gasteiger partial charge in [0.05, 0.1) is 30.7 Å². The number of carbonyl (C=O) groups excluding carboxylic acids is 2. The van der Waals surface area contributed by atoms with Crippen molar-refractivity contribution in [2.24, 2.45) is 4.99 Å². The molecule has 2 saturated carbocycles. The number of unbranched alkanes of at least 4 members (excludes halogenated alkanes) is 3. The minimum Gasteiger partial charge on any atom is -0.354 e. The summed E-state index contributed by atoms with van der Waals surface area (Å²) in [7, 11) is -1.10. The van der Waals surface area contributed by atoms with Gasteiger partial charge in [-0.1, -0.05) is 145 Å². The molecule has 3 aromatic carbocycles. The maximum Gasteiger partial charge on any atom is 0.247 e. The first-order chi connectivity index (χ1) is 29.4. The van der Waals surface area contributed by atoms with Gasteiger partial charge in [0.15, 0.2) is 5.96 Å². The highest BCUT2D eigenvalue weighted by atomic mass is 31.2. The van der Waals surface area contributed by atoms with Crippen LogP contribution in [0.4, 0.5) is 5.69 Å². The molecule has 1 heterocycles. The number of amides is 2. The van der Waals surface area contributed by atoms with E-state index in [-0.39, 0.29) is 17.9 Å². The number of anilines is 1. The first kappa shape index (κ1) is 45.8. The molecule has 3 aliphatic rings. The average molecular weight is 835 g/mol. The SMILES string of the molecule is CCCC[P+](CCCC)(CCCC)Cc1ccc(NC(=O)[C@H]2Cc3ccccc3CN2C(=O)[C@H](CCc2ccccc2)NC(=NC2CCCCC2)NC2CCCCC2)cc1. The first-order valence-corrected chi connectivity index (χ1v) is 26.7. The van der Waals surface area contributed by atoms with Crippen molar-refractivity contribution in [3.63, 3.8) is 0 Å². The molecule has 2 aliphatic carbocycles. The molecule has 8 heteroatoms. The maximum absolute atomic E-state index is 15.2. The van der Waals surface area contributed by atoms with Gasteiger partial charge in [-0.25, -0.2) is 4.99 Å². The Balaban J connectivity index is 1.24. The summed E-state index contributed by atoms with van der Waals surface area (Å²) in [6, 6.07) is 26.9. The van der Waals surface area contributed by atoms with Crippen LogP contribution in [0.25, 0.3) is 0 Å². The summed E-state index contributed by atoms with van der Waals surface area (Å²) in [6.45, 7) is 7.38. The molecule has 6 rings (SSSR count). The number of hydrogen-bond acceptors (Lipinski definition) is 3. The molecule has 2 amide bonds. The van der Waals surface area contributed by atoms with E-state index >= 15 is 4.79 Å². The quantitative estimate of drug-likeness (QED) is 0.0601. The molecular formula is C52H77N5O2P+. The second kappa shape index (κ2) is 24.1. The van der Waals surface area contributed by atoms with Gasteiger partial charge in [0.25, 0.3) is 0 Å². The van der Waals surface area contributed by atoms with E-state index in [1.165, 1.54) is 113 Å². The Morgan fingerprint density at radius 2 is 1.32 bits per heavy atom. The molecule has 0 saturated heterocycles. The van der Waals surface area contributed by atoms with E-state index in [4.69, 9.17) is 4.99 Å². The molecule has 2 atom stereocenters. The molecule has 60 heavy (non-hydrogen) atoms. The summed E-state index contributed by atoms with van der Waals surface area (Å²) in [5, 5.41) is 10.8. The highest BCUT2D eigenvalue weighted by molar-refractivity contribution is 7.75. The lowest BCUT2D eigenvalue weighted by molar-refractivity contribution is -0.141. The molecule has 1 aliphatic heterocycles. The van der Waals surface area contributed by atoms with E-state index in [1.807, 2.05) is 23.1 Å². The Morgan fingerprint density at radius 3 is 1.95 bits per heavy atom. The van der Waals surface area contributed by atoms with E-state index < -0.39 is 19.3 Å². The molecule has 3 N–H and O–H groups in total. The molecule has 0 bridgehead atoms. The molecule has 0 unspecified atom stereocenters. The molecule has 0 aromatic heterocycles. The van der Waals surface area contributed by atoms with Gasteiger partial charge < -0.3 is 20.9 Å². The minimum absolute atomic E-state index is 0.0377. The Bertz CT molecular complexity index is 1750. The van der Waals surface area contributed by atoms with Crippen LogP contribution >= 0.6 is 7.26 Å². The molecule has 3 aromatic rings. The number of aryl methyl sites for hydroxylation is 1. The highest BCUT2D eigenvalue weighted by Gasteiger charge is 2.39. The van der Waals surface area contributed by atoms with Crippen molar-refractivity contribution in [1.82, 2.24) is 15.5 Å². The lowest BCUT2D eigenvalue weighted by Crippen LogP contribution is -2.58. The Morgan fingerprint density at radius 1 is 0.717 bits per heavy atom. The van der Waals surface area contributed by atoms with Crippen LogP contribution in [0, 0.1) is 0 Å². The van der Waals surface area contributed by atoms with Crippen LogP contribution in [0.15, 0.2) is 83.9 Å². The highest BCUT2D eigenvalue weighted by Crippen LogP contribution is 2.63. The summed E-state index contributed by atoms with van der Waals surface area (Å²) < 4.78 is 0. The van der Waals surface area contributed by atoms with E-state index in [2.05, 4.69) is 97.4 Å². The summed E-state index contributed by atoms with van der Waals surface area (Å²) in [6.07, 6.45) is 26.8. The standard InChI is InChI=1S/C52H76N5O2P/c1-4-7-35-60(36-8-5-2,37-9-6-3)40-42-29-32-47(33-30-42)53-50(58)49-38-43-23-19-20-24-44(43)39-57(49)51(59)48(34-31-41-21-13-10-14-22-41)56-52(54-45-25-15-11-16-26-45)55-46-27-17-12-18-28-46/h10,13-14,19-24,29-30,32-33,45-46,48-49H,4-9,11-12,15-18,25-28,31,34-40H2,1-3H3,(H2-,53,54,55,56,58)/p+1/t48-,49+/m0/s1. The second-order valence-corrected chi connectivity index (χ2v) is 22.7. The van der Waals surface area contributed by atoms with E-state index in [9.17, 15) is 4.79 Å².